The molecule has 0 unspecified atom stereocenters. The number of hydrogen-bond donors (Lipinski definition) is 0. The molecule has 0 aliphatic heterocycles. The summed E-state index contributed by atoms with van der Waals surface area (Å²) in [4.78, 5) is 0. The first-order valence-electron chi connectivity index (χ1n) is 7.02. The fraction of sp³-hybridized carbons (Fsp3) is 0.412. The van der Waals surface area contributed by atoms with Crippen molar-refractivity contribution in [2.24, 2.45) is 0 Å². The van der Waals surface area contributed by atoms with E-state index < -0.39 is 8.07 Å². The van der Waals surface area contributed by atoms with Crippen molar-refractivity contribution in [2.75, 3.05) is 0 Å². The summed E-state index contributed by atoms with van der Waals surface area (Å²) in [5, 5.41) is 0. The van der Waals surface area contributed by atoms with Crippen molar-refractivity contribution in [3.8, 4) is 0 Å². The highest BCUT2D eigenvalue weighted by atomic mass is 28.3. The van der Waals surface area contributed by atoms with Crippen LogP contribution in [0.5, 0.6) is 0 Å². The second-order valence-corrected chi connectivity index (χ2v) is 11.3. The van der Waals surface area contributed by atoms with E-state index in [1.165, 1.54) is 31.2 Å². The summed E-state index contributed by atoms with van der Waals surface area (Å²) in [5.41, 5.74) is 7.15. The Morgan fingerprint density at radius 2 is 1.50 bits per heavy atom. The molecular weight excluding hydrogens is 232 g/mol. The molecule has 1 aromatic carbocycles. The van der Waals surface area contributed by atoms with E-state index in [0.717, 1.165) is 0 Å². The van der Waals surface area contributed by atoms with Crippen LogP contribution >= 0.6 is 0 Å². The van der Waals surface area contributed by atoms with E-state index >= 15 is 0 Å². The van der Waals surface area contributed by atoms with Crippen LogP contribution < -0.4 is 0 Å². The van der Waals surface area contributed by atoms with Gasteiger partial charge in [-0.25, -0.2) is 0 Å². The Morgan fingerprint density at radius 3 is 2.11 bits per heavy atom. The lowest BCUT2D eigenvalue weighted by Gasteiger charge is -2.22. The summed E-state index contributed by atoms with van der Waals surface area (Å²) in [6.45, 7) is 7.28. The molecule has 96 valence electrons. The molecule has 1 aliphatic carbocycles. The molecule has 1 heteroatoms. The zero-order valence-corrected chi connectivity index (χ0v) is 12.9. The molecule has 0 N–H and O–H groups in total. The minimum Gasteiger partial charge on any atom is -0.0916 e. The molecular formula is C17H24Si. The minimum absolute atomic E-state index is 1.11. The summed E-state index contributed by atoms with van der Waals surface area (Å²) >= 11 is 0. The Balaban J connectivity index is 2.29. The maximum atomic E-state index is 2.60. The van der Waals surface area contributed by atoms with Crippen LogP contribution in [0.25, 0.3) is 6.08 Å². The molecule has 0 saturated heterocycles. The van der Waals surface area contributed by atoms with Gasteiger partial charge in [-0.2, -0.15) is 0 Å². The van der Waals surface area contributed by atoms with Crippen LogP contribution in [0.2, 0.25) is 19.6 Å². The molecule has 1 aromatic rings. The minimum atomic E-state index is -1.11. The topological polar surface area (TPSA) is 0 Å². The van der Waals surface area contributed by atoms with Crippen molar-refractivity contribution >= 4 is 14.1 Å². The van der Waals surface area contributed by atoms with Crippen LogP contribution in [0.1, 0.15) is 31.2 Å². The highest BCUT2D eigenvalue weighted by Gasteiger charge is 2.16. The molecule has 1 saturated carbocycles. The van der Waals surface area contributed by atoms with Gasteiger partial charge in [0.25, 0.3) is 0 Å². The van der Waals surface area contributed by atoms with Crippen molar-refractivity contribution in [3.63, 3.8) is 0 Å². The SMILES string of the molecule is C[Si](C)(C)/C=C1\CCCC\C1=C/c1ccccc1. The molecule has 0 bridgehead atoms. The first kappa shape index (κ1) is 13.4. The predicted molar refractivity (Wildman–Crippen MR) is 84.3 cm³/mol. The number of hydrogen-bond acceptors (Lipinski definition) is 0. The van der Waals surface area contributed by atoms with Gasteiger partial charge in [0.1, 0.15) is 0 Å². The molecule has 0 aromatic heterocycles. The summed E-state index contributed by atoms with van der Waals surface area (Å²) in [6, 6.07) is 10.7. The number of allylic oxidation sites excluding steroid dienone is 2. The largest absolute Gasteiger partial charge is 0.0916 e. The summed E-state index contributed by atoms with van der Waals surface area (Å²) in [7, 11) is -1.11. The van der Waals surface area contributed by atoms with E-state index in [1.54, 1.807) is 11.1 Å². The molecule has 18 heavy (non-hydrogen) atoms. The van der Waals surface area contributed by atoms with Crippen molar-refractivity contribution in [1.82, 2.24) is 0 Å². The number of rotatable bonds is 2. The van der Waals surface area contributed by atoms with Crippen LogP contribution in [-0.2, 0) is 0 Å². The summed E-state index contributed by atoms with van der Waals surface area (Å²) < 4.78 is 0. The monoisotopic (exact) mass is 256 g/mol. The van der Waals surface area contributed by atoms with Crippen LogP contribution in [0, 0.1) is 0 Å². The highest BCUT2D eigenvalue weighted by Crippen LogP contribution is 2.31. The van der Waals surface area contributed by atoms with Gasteiger partial charge in [-0.05, 0) is 36.8 Å². The second kappa shape index (κ2) is 5.70. The Hall–Kier alpha value is -1.08. The second-order valence-electron chi connectivity index (χ2n) is 6.32. The third-order valence-electron chi connectivity index (χ3n) is 3.30. The van der Waals surface area contributed by atoms with Gasteiger partial charge in [-0.15, -0.1) is 0 Å². The van der Waals surface area contributed by atoms with E-state index in [2.05, 4.69) is 61.7 Å². The molecule has 1 fully saturated rings. The Bertz CT molecular complexity index is 446. The average Bonchev–Trinajstić information content (AvgIpc) is 2.31. The van der Waals surface area contributed by atoms with Gasteiger partial charge in [0.05, 0.1) is 8.07 Å². The normalized spacial score (nSPS) is 21.5. The first-order valence-corrected chi connectivity index (χ1v) is 10.6. The van der Waals surface area contributed by atoms with Crippen molar-refractivity contribution in [3.05, 3.63) is 52.7 Å². The average molecular weight is 256 g/mol. The lowest BCUT2D eigenvalue weighted by molar-refractivity contribution is 0.682. The van der Waals surface area contributed by atoms with Crippen LogP contribution in [-0.4, -0.2) is 8.07 Å². The fourth-order valence-corrected chi connectivity index (χ4v) is 3.93. The molecule has 0 amide bonds. The third-order valence-corrected chi connectivity index (χ3v) is 4.52. The van der Waals surface area contributed by atoms with Crippen LogP contribution in [0.15, 0.2) is 47.2 Å². The molecule has 0 radical (unpaired) electrons. The molecule has 0 heterocycles. The zero-order valence-electron chi connectivity index (χ0n) is 11.9. The molecule has 1 aliphatic rings. The van der Waals surface area contributed by atoms with E-state index in [0.29, 0.717) is 0 Å². The van der Waals surface area contributed by atoms with Crippen LogP contribution in [0.3, 0.4) is 0 Å². The molecule has 2 rings (SSSR count). The first-order chi connectivity index (χ1) is 8.54. The van der Waals surface area contributed by atoms with Crippen molar-refractivity contribution in [2.45, 2.75) is 45.3 Å². The van der Waals surface area contributed by atoms with Gasteiger partial charge in [0.15, 0.2) is 0 Å². The van der Waals surface area contributed by atoms with Crippen LogP contribution in [0.4, 0.5) is 0 Å². The third kappa shape index (κ3) is 3.99. The Labute approximate surface area is 112 Å². The standard InChI is InChI=1S/C17H24Si/c1-18(2,3)14-17-12-8-7-11-16(17)13-15-9-5-4-6-10-15/h4-6,9-10,13-14H,7-8,11-12H2,1-3H3/b16-13+,17-14+. The van der Waals surface area contributed by atoms with Crippen molar-refractivity contribution < 1.29 is 0 Å². The van der Waals surface area contributed by atoms with Crippen molar-refractivity contribution in [1.29, 1.82) is 0 Å². The summed E-state index contributed by atoms with van der Waals surface area (Å²) in [6.07, 6.45) is 7.64. The van der Waals surface area contributed by atoms with Gasteiger partial charge < -0.3 is 0 Å². The lowest BCUT2D eigenvalue weighted by atomic mass is 9.89. The van der Waals surface area contributed by atoms with E-state index in [-0.39, 0.29) is 0 Å². The summed E-state index contributed by atoms with van der Waals surface area (Å²) in [5.74, 6) is 0. The lowest BCUT2D eigenvalue weighted by Crippen LogP contribution is -2.18. The van der Waals surface area contributed by atoms with E-state index in [9.17, 15) is 0 Å². The molecule has 0 atom stereocenters. The maximum Gasteiger partial charge on any atom is 0.0690 e. The van der Waals surface area contributed by atoms with Gasteiger partial charge in [-0.3, -0.25) is 0 Å². The predicted octanol–water partition coefficient (Wildman–Crippen LogP) is 5.45. The van der Waals surface area contributed by atoms with Gasteiger partial charge in [0, 0.05) is 0 Å². The molecule has 0 nitrogen and oxygen atoms in total. The number of benzene rings is 1. The zero-order chi connectivity index (χ0) is 13.0. The molecule has 0 spiro atoms. The van der Waals surface area contributed by atoms with Gasteiger partial charge in [0.2, 0.25) is 0 Å². The quantitative estimate of drug-likeness (QED) is 0.617. The Morgan fingerprint density at radius 1 is 0.889 bits per heavy atom. The Kier molecular flexibility index (Phi) is 4.23. The van der Waals surface area contributed by atoms with E-state index in [1.807, 2.05) is 0 Å². The smallest absolute Gasteiger partial charge is 0.0690 e. The van der Waals surface area contributed by atoms with Gasteiger partial charge >= 0.3 is 0 Å². The van der Waals surface area contributed by atoms with Gasteiger partial charge in [-0.1, -0.05) is 67.3 Å². The fourth-order valence-electron chi connectivity index (χ4n) is 2.55. The maximum absolute atomic E-state index is 2.60. The van der Waals surface area contributed by atoms with E-state index in [4.69, 9.17) is 0 Å². The highest BCUT2D eigenvalue weighted by molar-refractivity contribution is 6.81.